The van der Waals surface area contributed by atoms with Crippen LogP contribution in [0.2, 0.25) is 0 Å². The summed E-state index contributed by atoms with van der Waals surface area (Å²) in [5, 5.41) is 0.841. The van der Waals surface area contributed by atoms with Gasteiger partial charge in [-0.15, -0.1) is 0 Å². The van der Waals surface area contributed by atoms with E-state index in [0.29, 0.717) is 6.42 Å². The van der Waals surface area contributed by atoms with Gasteiger partial charge in [0.1, 0.15) is 17.0 Å². The van der Waals surface area contributed by atoms with Crippen LogP contribution >= 0.6 is 0 Å². The van der Waals surface area contributed by atoms with Gasteiger partial charge < -0.3 is 4.42 Å². The van der Waals surface area contributed by atoms with Crippen LogP contribution < -0.4 is 10.6 Å². The minimum atomic E-state index is -0.151. The maximum absolute atomic E-state index is 13.9. The van der Waals surface area contributed by atoms with E-state index in [-0.39, 0.29) is 11.2 Å². The first kappa shape index (κ1) is 22.0. The van der Waals surface area contributed by atoms with Crippen molar-refractivity contribution in [2.24, 2.45) is 5.41 Å². The van der Waals surface area contributed by atoms with Crippen LogP contribution in [0.25, 0.3) is 17.7 Å². The molecule has 0 atom stereocenters. The van der Waals surface area contributed by atoms with Gasteiger partial charge in [0.2, 0.25) is 0 Å². The molecule has 0 amide bonds. The smallest absolute Gasteiger partial charge is 0.137 e. The highest BCUT2D eigenvalue weighted by Gasteiger charge is 2.19. The molecule has 0 aliphatic heterocycles. The third-order valence-electron chi connectivity index (χ3n) is 4.17. The summed E-state index contributed by atoms with van der Waals surface area (Å²) in [6, 6.07) is 1.92. The number of halogens is 1. The fourth-order valence-electron chi connectivity index (χ4n) is 2.61. The van der Waals surface area contributed by atoms with E-state index in [9.17, 15) is 4.39 Å². The Hall–Kier alpha value is -2.09. The normalized spacial score (nSPS) is 15.3. The molecule has 0 saturated carbocycles. The molecule has 1 nitrogen and oxygen atoms in total. The molecule has 2 heteroatoms. The number of hydrogen-bond acceptors (Lipinski definition) is 1. The van der Waals surface area contributed by atoms with Gasteiger partial charge in [-0.05, 0) is 61.0 Å². The number of furan rings is 1. The summed E-state index contributed by atoms with van der Waals surface area (Å²) in [5.41, 5.74) is 4.45. The standard InChI is InChI=1S/C24H33FO/c1-10-12-19(15-20(25)11-2)17(5)13-21(24(7,8)9)23-18(6)14-22(26-23)16(3)4/h12-15H,3,6,10-11H2,1-2,4-5,7-9H3/b17-13+,19-12+,20-15+,23-21-. The van der Waals surface area contributed by atoms with Crippen molar-refractivity contribution in [1.29, 1.82) is 0 Å². The molecule has 0 bridgehead atoms. The molecule has 0 saturated heterocycles. The molecule has 0 aliphatic carbocycles. The van der Waals surface area contributed by atoms with Crippen molar-refractivity contribution in [3.63, 3.8) is 0 Å². The van der Waals surface area contributed by atoms with Gasteiger partial charge in [0.25, 0.3) is 0 Å². The van der Waals surface area contributed by atoms with Crippen molar-refractivity contribution in [2.75, 3.05) is 0 Å². The van der Waals surface area contributed by atoms with Crippen LogP contribution in [0.15, 0.2) is 52.3 Å². The number of hydrogen-bond donors (Lipinski definition) is 0. The Balaban J connectivity index is 3.70. The molecule has 0 aromatic carbocycles. The first-order valence-electron chi connectivity index (χ1n) is 9.25. The average Bonchev–Trinajstić information content (AvgIpc) is 2.92. The third-order valence-corrected chi connectivity index (χ3v) is 4.17. The van der Waals surface area contributed by atoms with E-state index < -0.39 is 0 Å². The Labute approximate surface area is 158 Å². The summed E-state index contributed by atoms with van der Waals surface area (Å²) < 4.78 is 19.9. The van der Waals surface area contributed by atoms with Gasteiger partial charge in [0, 0.05) is 10.8 Å². The van der Waals surface area contributed by atoms with E-state index in [0.717, 1.165) is 45.1 Å². The second kappa shape index (κ2) is 9.02. The van der Waals surface area contributed by atoms with E-state index in [1.54, 1.807) is 6.08 Å². The second-order valence-corrected chi connectivity index (χ2v) is 7.75. The molecule has 1 aromatic rings. The number of rotatable bonds is 6. The molecule has 1 aromatic heterocycles. The SMILES string of the molecule is C=C(C)c1cc(=C)\c(=C(/C=C(C)/C(/C=C(/F)CC)=C/CC)C(C)(C)C)o1. The Morgan fingerprint density at radius 2 is 1.81 bits per heavy atom. The van der Waals surface area contributed by atoms with Crippen LogP contribution in [-0.4, -0.2) is 0 Å². The Kier molecular flexibility index (Phi) is 7.62. The molecule has 0 N–H and O–H groups in total. The summed E-state index contributed by atoms with van der Waals surface area (Å²) >= 11 is 0. The van der Waals surface area contributed by atoms with Crippen molar-refractivity contribution in [2.45, 2.75) is 61.3 Å². The summed E-state index contributed by atoms with van der Waals surface area (Å²) in [6.07, 6.45) is 7.01. The zero-order valence-corrected chi connectivity index (χ0v) is 17.4. The minimum absolute atomic E-state index is 0.116. The van der Waals surface area contributed by atoms with E-state index in [4.69, 9.17) is 4.42 Å². The lowest BCUT2D eigenvalue weighted by Crippen LogP contribution is -2.26. The second-order valence-electron chi connectivity index (χ2n) is 7.75. The van der Waals surface area contributed by atoms with E-state index >= 15 is 0 Å². The summed E-state index contributed by atoms with van der Waals surface area (Å²) in [7, 11) is 0. The lowest BCUT2D eigenvalue weighted by atomic mass is 9.84. The fraction of sp³-hybridized carbons (Fsp3) is 0.417. The van der Waals surface area contributed by atoms with Crippen LogP contribution in [0, 0.1) is 5.41 Å². The van der Waals surface area contributed by atoms with Crippen LogP contribution in [0.3, 0.4) is 0 Å². The Morgan fingerprint density at radius 1 is 1.19 bits per heavy atom. The molecule has 0 spiro atoms. The molecular formula is C24H33FO. The topological polar surface area (TPSA) is 13.1 Å². The predicted octanol–water partition coefficient (Wildman–Crippen LogP) is 6.47. The lowest BCUT2D eigenvalue weighted by molar-refractivity contribution is 0.490. The summed E-state index contributed by atoms with van der Waals surface area (Å²) in [6.45, 7) is 22.3. The van der Waals surface area contributed by atoms with E-state index in [1.807, 2.05) is 32.9 Å². The fourth-order valence-corrected chi connectivity index (χ4v) is 2.61. The third kappa shape index (κ3) is 5.72. The van der Waals surface area contributed by atoms with E-state index in [1.165, 1.54) is 0 Å². The van der Waals surface area contributed by atoms with Gasteiger partial charge in [-0.25, -0.2) is 4.39 Å². The van der Waals surface area contributed by atoms with Crippen molar-refractivity contribution >= 4 is 17.7 Å². The van der Waals surface area contributed by atoms with Gasteiger partial charge in [-0.2, -0.15) is 0 Å². The molecule has 0 fully saturated rings. The number of allylic oxidation sites excluding steroid dienone is 7. The van der Waals surface area contributed by atoms with Crippen LogP contribution in [0.5, 0.6) is 0 Å². The van der Waals surface area contributed by atoms with Crippen molar-refractivity contribution in [3.05, 3.63) is 64.2 Å². The minimum Gasteiger partial charge on any atom is -0.456 e. The average molecular weight is 357 g/mol. The zero-order valence-electron chi connectivity index (χ0n) is 17.4. The van der Waals surface area contributed by atoms with Crippen molar-refractivity contribution in [3.8, 4) is 0 Å². The van der Waals surface area contributed by atoms with Gasteiger partial charge >= 0.3 is 0 Å². The maximum atomic E-state index is 13.9. The molecule has 0 aliphatic rings. The molecule has 0 radical (unpaired) electrons. The van der Waals surface area contributed by atoms with Crippen LogP contribution in [0.1, 0.15) is 67.1 Å². The van der Waals surface area contributed by atoms with Crippen molar-refractivity contribution < 1.29 is 8.81 Å². The maximum Gasteiger partial charge on any atom is 0.137 e. The van der Waals surface area contributed by atoms with Crippen LogP contribution in [0.4, 0.5) is 4.39 Å². The highest BCUT2D eigenvalue weighted by Crippen LogP contribution is 2.29. The van der Waals surface area contributed by atoms with Gasteiger partial charge in [0.15, 0.2) is 0 Å². The quantitative estimate of drug-likeness (QED) is 0.533. The highest BCUT2D eigenvalue weighted by molar-refractivity contribution is 5.65. The molecule has 1 rings (SSSR count). The Morgan fingerprint density at radius 3 is 2.23 bits per heavy atom. The monoisotopic (exact) mass is 356 g/mol. The van der Waals surface area contributed by atoms with Crippen LogP contribution in [-0.2, 0) is 0 Å². The Bertz CT molecular complexity index is 851. The zero-order chi connectivity index (χ0) is 20.1. The predicted molar refractivity (Wildman–Crippen MR) is 113 cm³/mol. The van der Waals surface area contributed by atoms with Gasteiger partial charge in [-0.1, -0.05) is 59.9 Å². The molecule has 26 heavy (non-hydrogen) atoms. The van der Waals surface area contributed by atoms with Gasteiger partial charge in [0.05, 0.1) is 0 Å². The first-order valence-corrected chi connectivity index (χ1v) is 9.25. The van der Waals surface area contributed by atoms with E-state index in [2.05, 4.69) is 46.9 Å². The summed E-state index contributed by atoms with van der Waals surface area (Å²) in [4.78, 5) is 0. The molecular weight excluding hydrogens is 323 g/mol. The summed E-state index contributed by atoms with van der Waals surface area (Å²) in [5.74, 6) is 0.634. The highest BCUT2D eigenvalue weighted by atomic mass is 19.1. The van der Waals surface area contributed by atoms with Crippen molar-refractivity contribution in [1.82, 2.24) is 0 Å². The molecule has 1 heterocycles. The molecule has 0 unspecified atom stereocenters. The first-order chi connectivity index (χ1) is 12.0. The van der Waals surface area contributed by atoms with Gasteiger partial charge in [-0.3, -0.25) is 0 Å². The molecule has 142 valence electrons. The largest absolute Gasteiger partial charge is 0.456 e. The lowest BCUT2D eigenvalue weighted by Gasteiger charge is -2.20.